The van der Waals surface area contributed by atoms with E-state index < -0.39 is 0 Å². The van der Waals surface area contributed by atoms with Gasteiger partial charge in [0.1, 0.15) is 5.82 Å². The minimum Gasteiger partial charge on any atom is -0.241 e. The molecule has 2 saturated carbocycles. The van der Waals surface area contributed by atoms with Gasteiger partial charge in [0.15, 0.2) is 0 Å². The number of unbranched alkanes of at least 4 members (excludes halogenated alkanes) is 1. The zero-order valence-electron chi connectivity index (χ0n) is 16.6. The van der Waals surface area contributed by atoms with Crippen molar-refractivity contribution in [1.29, 1.82) is 0 Å². The summed E-state index contributed by atoms with van der Waals surface area (Å²) in [5.74, 6) is 4.78. The Morgan fingerprint density at radius 2 is 1.40 bits per heavy atom. The molecule has 0 atom stereocenters. The summed E-state index contributed by atoms with van der Waals surface area (Å²) in [5.41, 5.74) is 1.29. The number of hydrogen-bond acceptors (Lipinski definition) is 2. The van der Waals surface area contributed by atoms with E-state index in [0.29, 0.717) is 5.92 Å². The first-order chi connectivity index (χ1) is 12.3. The maximum atomic E-state index is 4.69. The molecule has 1 heterocycles. The highest BCUT2D eigenvalue weighted by molar-refractivity contribution is 5.08. The van der Waals surface area contributed by atoms with E-state index in [2.05, 4.69) is 36.2 Å². The van der Waals surface area contributed by atoms with Crippen LogP contribution in [-0.2, 0) is 6.42 Å². The molecule has 2 aliphatic carbocycles. The highest BCUT2D eigenvalue weighted by atomic mass is 14.9. The molecule has 1 aromatic heterocycles. The Hall–Kier alpha value is -0.920. The third-order valence-corrected chi connectivity index (χ3v) is 6.92. The summed E-state index contributed by atoms with van der Waals surface area (Å²) in [6.45, 7) is 4.54. The van der Waals surface area contributed by atoms with E-state index in [1.165, 1.54) is 82.6 Å². The first-order valence-electron chi connectivity index (χ1n) is 11.1. The lowest BCUT2D eigenvalue weighted by atomic mass is 9.68. The van der Waals surface area contributed by atoms with E-state index in [1.54, 1.807) is 0 Å². The molecule has 1 aromatic rings. The van der Waals surface area contributed by atoms with Crippen LogP contribution in [0.3, 0.4) is 0 Å². The van der Waals surface area contributed by atoms with E-state index in [1.807, 2.05) is 0 Å². The Morgan fingerprint density at radius 1 is 0.800 bits per heavy atom. The summed E-state index contributed by atoms with van der Waals surface area (Å²) in [5, 5.41) is 0. The van der Waals surface area contributed by atoms with Gasteiger partial charge in [-0.05, 0) is 68.3 Å². The summed E-state index contributed by atoms with van der Waals surface area (Å²) in [4.78, 5) is 9.37. The van der Waals surface area contributed by atoms with Gasteiger partial charge in [0, 0.05) is 18.3 Å². The Bertz CT molecular complexity index is 479. The van der Waals surface area contributed by atoms with Crippen molar-refractivity contribution in [2.24, 2.45) is 17.8 Å². The van der Waals surface area contributed by atoms with Crippen LogP contribution >= 0.6 is 0 Å². The molecule has 0 amide bonds. The fourth-order valence-corrected chi connectivity index (χ4v) is 5.28. The van der Waals surface area contributed by atoms with Crippen LogP contribution in [0.15, 0.2) is 12.4 Å². The molecule has 0 spiro atoms. The zero-order valence-corrected chi connectivity index (χ0v) is 16.6. The topological polar surface area (TPSA) is 25.8 Å². The van der Waals surface area contributed by atoms with E-state index in [9.17, 15) is 0 Å². The number of rotatable bonds is 7. The molecule has 2 aliphatic rings. The van der Waals surface area contributed by atoms with Crippen molar-refractivity contribution >= 4 is 0 Å². The van der Waals surface area contributed by atoms with Crippen molar-refractivity contribution in [1.82, 2.24) is 9.97 Å². The largest absolute Gasteiger partial charge is 0.241 e. The molecule has 2 fully saturated rings. The van der Waals surface area contributed by atoms with Gasteiger partial charge in [0.25, 0.3) is 0 Å². The maximum Gasteiger partial charge on any atom is 0.131 e. The molecule has 0 aromatic carbocycles. The molecule has 0 N–H and O–H groups in total. The van der Waals surface area contributed by atoms with Gasteiger partial charge >= 0.3 is 0 Å². The van der Waals surface area contributed by atoms with Crippen molar-refractivity contribution in [3.63, 3.8) is 0 Å². The molecule has 2 nitrogen and oxygen atoms in total. The molecule has 0 saturated heterocycles. The normalized spacial score (nSPS) is 30.3. The van der Waals surface area contributed by atoms with E-state index in [4.69, 9.17) is 0 Å². The minimum atomic E-state index is 0.618. The first kappa shape index (κ1) is 18.9. The molecular formula is C23H38N2. The maximum absolute atomic E-state index is 4.69. The number of nitrogens with zero attached hydrogens (tertiary/aromatic N) is 2. The third-order valence-electron chi connectivity index (χ3n) is 6.92. The molecule has 25 heavy (non-hydrogen) atoms. The molecule has 0 radical (unpaired) electrons. The molecule has 3 rings (SSSR count). The second-order valence-electron chi connectivity index (χ2n) is 8.73. The predicted molar refractivity (Wildman–Crippen MR) is 106 cm³/mol. The van der Waals surface area contributed by atoms with Gasteiger partial charge < -0.3 is 0 Å². The number of aryl methyl sites for hydroxylation is 1. The first-order valence-corrected chi connectivity index (χ1v) is 11.1. The lowest BCUT2D eigenvalue weighted by Crippen LogP contribution is -2.25. The Kier molecular flexibility index (Phi) is 7.31. The third kappa shape index (κ3) is 5.28. The van der Waals surface area contributed by atoms with Crippen molar-refractivity contribution < 1.29 is 0 Å². The lowest BCUT2D eigenvalue weighted by Gasteiger charge is -2.37. The number of aromatic nitrogens is 2. The van der Waals surface area contributed by atoms with E-state index >= 15 is 0 Å². The van der Waals surface area contributed by atoms with Gasteiger partial charge in [-0.1, -0.05) is 52.4 Å². The minimum absolute atomic E-state index is 0.618. The van der Waals surface area contributed by atoms with Crippen LogP contribution in [0.4, 0.5) is 0 Å². The molecule has 2 heteroatoms. The van der Waals surface area contributed by atoms with Crippen molar-refractivity contribution in [3.05, 3.63) is 23.8 Å². The highest BCUT2D eigenvalue weighted by Crippen LogP contribution is 2.43. The summed E-state index contributed by atoms with van der Waals surface area (Å²) in [6, 6.07) is 0. The van der Waals surface area contributed by atoms with Gasteiger partial charge in [0.05, 0.1) is 0 Å². The van der Waals surface area contributed by atoms with E-state index in [-0.39, 0.29) is 0 Å². The fourth-order valence-electron chi connectivity index (χ4n) is 5.28. The van der Waals surface area contributed by atoms with Crippen molar-refractivity contribution in [2.45, 2.75) is 103 Å². The summed E-state index contributed by atoms with van der Waals surface area (Å²) in [6.07, 6.45) is 22.2. The van der Waals surface area contributed by atoms with Gasteiger partial charge in [-0.25, -0.2) is 9.97 Å². The van der Waals surface area contributed by atoms with Gasteiger partial charge in [-0.2, -0.15) is 0 Å². The van der Waals surface area contributed by atoms with Crippen LogP contribution in [0.5, 0.6) is 0 Å². The second-order valence-corrected chi connectivity index (χ2v) is 8.73. The average Bonchev–Trinajstić information content (AvgIpc) is 2.68. The monoisotopic (exact) mass is 342 g/mol. The molecule has 0 bridgehead atoms. The molecule has 140 valence electrons. The molecule has 0 unspecified atom stereocenters. The van der Waals surface area contributed by atoms with Crippen LogP contribution in [0.1, 0.15) is 108 Å². The Labute approximate surface area is 155 Å². The van der Waals surface area contributed by atoms with Gasteiger partial charge in [-0.15, -0.1) is 0 Å². The quantitative estimate of drug-likeness (QED) is 0.551. The number of hydrogen-bond donors (Lipinski definition) is 0. The predicted octanol–water partition coefficient (Wildman–Crippen LogP) is 6.70. The van der Waals surface area contributed by atoms with Crippen LogP contribution in [-0.4, -0.2) is 9.97 Å². The van der Waals surface area contributed by atoms with Crippen LogP contribution in [0, 0.1) is 17.8 Å². The van der Waals surface area contributed by atoms with Crippen molar-refractivity contribution in [3.8, 4) is 0 Å². The lowest BCUT2D eigenvalue weighted by molar-refractivity contribution is 0.154. The smallest absolute Gasteiger partial charge is 0.131 e. The standard InChI is InChI=1S/C23H38N2/c1-3-5-7-18-8-10-20(11-9-18)21-12-14-22(15-13-21)23-24-16-19(6-4-2)17-25-23/h16-18,20-22H,3-15H2,1-2H3/t18-,20-,21-,22-. The van der Waals surface area contributed by atoms with Crippen LogP contribution in [0.25, 0.3) is 0 Å². The molecular weight excluding hydrogens is 304 g/mol. The SMILES string of the molecule is CCCC[C@H]1CC[C@H]([C@H]2CC[C@H](c3ncc(CCC)cn3)CC2)CC1. The summed E-state index contributed by atoms with van der Waals surface area (Å²) < 4.78 is 0. The van der Waals surface area contributed by atoms with E-state index in [0.717, 1.165) is 30.0 Å². The fraction of sp³-hybridized carbons (Fsp3) is 0.826. The molecule has 0 aliphatic heterocycles. The average molecular weight is 343 g/mol. The zero-order chi connectivity index (χ0) is 17.5. The van der Waals surface area contributed by atoms with Gasteiger partial charge in [-0.3, -0.25) is 0 Å². The van der Waals surface area contributed by atoms with Gasteiger partial charge in [0.2, 0.25) is 0 Å². The summed E-state index contributed by atoms with van der Waals surface area (Å²) >= 11 is 0. The highest BCUT2D eigenvalue weighted by Gasteiger charge is 2.31. The Balaban J connectivity index is 1.43. The van der Waals surface area contributed by atoms with Crippen molar-refractivity contribution in [2.75, 3.05) is 0 Å². The van der Waals surface area contributed by atoms with Crippen LogP contribution < -0.4 is 0 Å². The Morgan fingerprint density at radius 3 is 1.96 bits per heavy atom. The summed E-state index contributed by atoms with van der Waals surface area (Å²) in [7, 11) is 0. The van der Waals surface area contributed by atoms with Crippen LogP contribution in [0.2, 0.25) is 0 Å². The second kappa shape index (κ2) is 9.69.